The van der Waals surface area contributed by atoms with Crippen molar-refractivity contribution in [3.8, 4) is 0 Å². The predicted molar refractivity (Wildman–Crippen MR) is 97.2 cm³/mol. The first-order chi connectivity index (χ1) is 13.2. The molecular formula is C20H18F3N3O2. The fraction of sp³-hybridized carbons (Fsp3) is 0.300. The molecule has 0 radical (unpaired) electrons. The zero-order chi connectivity index (χ0) is 20.1. The highest BCUT2D eigenvalue weighted by atomic mass is 19.4. The van der Waals surface area contributed by atoms with Crippen LogP contribution in [0.25, 0.3) is 11.4 Å². The quantitative estimate of drug-likeness (QED) is 0.835. The first kappa shape index (κ1) is 18.3. The Morgan fingerprint density at radius 2 is 1.89 bits per heavy atom. The second-order valence-corrected chi connectivity index (χ2v) is 7.15. The Kier molecular flexibility index (Phi) is 4.10. The number of halogens is 3. The Hall–Kier alpha value is -3.03. The van der Waals surface area contributed by atoms with Crippen LogP contribution < -0.4 is 5.32 Å². The number of carbonyl (C=O) groups is 1. The number of pyridine rings is 1. The Morgan fingerprint density at radius 1 is 1.21 bits per heavy atom. The van der Waals surface area contributed by atoms with Crippen LogP contribution in [0.1, 0.15) is 40.0 Å². The second-order valence-electron chi connectivity index (χ2n) is 7.15. The van der Waals surface area contributed by atoms with E-state index < -0.39 is 17.6 Å². The summed E-state index contributed by atoms with van der Waals surface area (Å²) >= 11 is 0. The molecule has 0 bridgehead atoms. The smallest absolute Gasteiger partial charge is 0.398 e. The van der Waals surface area contributed by atoms with Crippen molar-refractivity contribution >= 4 is 17.4 Å². The first-order valence-electron chi connectivity index (χ1n) is 8.79. The zero-order valence-electron chi connectivity index (χ0n) is 15.0. The standard InChI is InChI=1S/C20H18F3N3O2/c1-26-11-25-16(15-10-13(18(27)28)6-9-24-15)17(26)12-2-4-14(5-3-12)19(7-8-19)20(21,22)23/h2-6,9-10,25H,7-8,11H2,1H3,(H,27,28). The molecule has 28 heavy (non-hydrogen) atoms. The van der Waals surface area contributed by atoms with Gasteiger partial charge in [0.1, 0.15) is 0 Å². The van der Waals surface area contributed by atoms with E-state index in [1.54, 1.807) is 12.1 Å². The molecule has 1 aromatic heterocycles. The summed E-state index contributed by atoms with van der Waals surface area (Å²) < 4.78 is 40.0. The van der Waals surface area contributed by atoms with E-state index in [4.69, 9.17) is 0 Å². The molecule has 5 nitrogen and oxygen atoms in total. The average molecular weight is 389 g/mol. The SMILES string of the molecule is CN1CNC(c2cc(C(=O)O)ccn2)=C1c1ccc(C2(C(F)(F)F)CC2)cc1. The summed E-state index contributed by atoms with van der Waals surface area (Å²) in [5.74, 6) is -1.05. The van der Waals surface area contributed by atoms with Crippen molar-refractivity contribution < 1.29 is 23.1 Å². The normalized spacial score (nSPS) is 18.2. The van der Waals surface area contributed by atoms with Gasteiger partial charge in [0, 0.05) is 18.8 Å². The molecule has 1 saturated carbocycles. The van der Waals surface area contributed by atoms with Crippen molar-refractivity contribution in [3.05, 3.63) is 65.0 Å². The van der Waals surface area contributed by atoms with Crippen LogP contribution in [0.15, 0.2) is 42.6 Å². The number of aromatic carboxylic acids is 1. The predicted octanol–water partition coefficient (Wildman–Crippen LogP) is 3.69. The number of carboxylic acid groups (broad SMARTS) is 1. The van der Waals surface area contributed by atoms with E-state index >= 15 is 0 Å². The van der Waals surface area contributed by atoms with Gasteiger partial charge in [0.15, 0.2) is 0 Å². The van der Waals surface area contributed by atoms with E-state index in [1.165, 1.54) is 30.5 Å². The van der Waals surface area contributed by atoms with Gasteiger partial charge in [-0.25, -0.2) is 4.79 Å². The third kappa shape index (κ3) is 2.89. The molecule has 1 aliphatic heterocycles. The third-order valence-electron chi connectivity index (χ3n) is 5.38. The molecule has 1 aliphatic carbocycles. The van der Waals surface area contributed by atoms with Gasteiger partial charge in [-0.1, -0.05) is 24.3 Å². The number of hydrogen-bond acceptors (Lipinski definition) is 4. The fourth-order valence-corrected chi connectivity index (χ4v) is 3.64. The molecule has 0 atom stereocenters. The molecule has 2 heterocycles. The van der Waals surface area contributed by atoms with E-state index in [-0.39, 0.29) is 24.0 Å². The van der Waals surface area contributed by atoms with Gasteiger partial charge >= 0.3 is 12.1 Å². The molecule has 0 amide bonds. The molecule has 1 fully saturated rings. The lowest BCUT2D eigenvalue weighted by atomic mass is 9.93. The van der Waals surface area contributed by atoms with Crippen molar-refractivity contribution in [2.24, 2.45) is 0 Å². The van der Waals surface area contributed by atoms with E-state index in [2.05, 4.69) is 10.3 Å². The molecule has 2 aliphatic rings. The number of hydrogen-bond donors (Lipinski definition) is 2. The maximum Gasteiger partial charge on any atom is 0.398 e. The molecule has 2 N–H and O–H groups in total. The van der Waals surface area contributed by atoms with E-state index in [0.29, 0.717) is 18.1 Å². The fourth-order valence-electron chi connectivity index (χ4n) is 3.64. The largest absolute Gasteiger partial charge is 0.478 e. The maximum absolute atomic E-state index is 13.3. The van der Waals surface area contributed by atoms with Gasteiger partial charge in [-0.3, -0.25) is 4.98 Å². The molecule has 8 heteroatoms. The number of alkyl halides is 3. The van der Waals surface area contributed by atoms with E-state index in [1.807, 2.05) is 11.9 Å². The second kappa shape index (κ2) is 6.25. The average Bonchev–Trinajstić information content (AvgIpc) is 3.40. The van der Waals surface area contributed by atoms with Crippen molar-refractivity contribution in [2.75, 3.05) is 13.7 Å². The lowest BCUT2D eigenvalue weighted by molar-refractivity contribution is -0.160. The number of carboxylic acids is 1. The van der Waals surface area contributed by atoms with Crippen LogP contribution in [0.5, 0.6) is 0 Å². The van der Waals surface area contributed by atoms with Gasteiger partial charge in [-0.2, -0.15) is 13.2 Å². The van der Waals surface area contributed by atoms with Crippen molar-refractivity contribution in [1.82, 2.24) is 15.2 Å². The van der Waals surface area contributed by atoms with Crippen LogP contribution in [0.4, 0.5) is 13.2 Å². The van der Waals surface area contributed by atoms with Crippen LogP contribution in [0, 0.1) is 0 Å². The van der Waals surface area contributed by atoms with Gasteiger partial charge in [0.05, 0.1) is 34.7 Å². The Labute approximate surface area is 159 Å². The third-order valence-corrected chi connectivity index (χ3v) is 5.38. The maximum atomic E-state index is 13.3. The summed E-state index contributed by atoms with van der Waals surface area (Å²) in [7, 11) is 1.85. The highest BCUT2D eigenvalue weighted by Crippen LogP contribution is 2.58. The van der Waals surface area contributed by atoms with Crippen LogP contribution >= 0.6 is 0 Å². The molecule has 0 saturated heterocycles. The van der Waals surface area contributed by atoms with Crippen molar-refractivity contribution in [1.29, 1.82) is 0 Å². The summed E-state index contributed by atoms with van der Waals surface area (Å²) in [4.78, 5) is 17.4. The van der Waals surface area contributed by atoms with Crippen molar-refractivity contribution in [2.45, 2.75) is 24.4 Å². The molecule has 0 unspecified atom stereocenters. The van der Waals surface area contributed by atoms with Gasteiger partial charge in [0.25, 0.3) is 0 Å². The number of aromatic nitrogens is 1. The lowest BCUT2D eigenvalue weighted by Crippen LogP contribution is -2.28. The Bertz CT molecular complexity index is 963. The molecule has 0 spiro atoms. The summed E-state index contributed by atoms with van der Waals surface area (Å²) in [6.45, 7) is 0.484. The molecule has 2 aromatic rings. The number of benzene rings is 1. The van der Waals surface area contributed by atoms with E-state index in [9.17, 15) is 23.1 Å². The van der Waals surface area contributed by atoms with Crippen LogP contribution in [-0.2, 0) is 5.41 Å². The van der Waals surface area contributed by atoms with Crippen molar-refractivity contribution in [3.63, 3.8) is 0 Å². The summed E-state index contributed by atoms with van der Waals surface area (Å²) in [5.41, 5.74) is 1.31. The zero-order valence-corrected chi connectivity index (χ0v) is 15.0. The summed E-state index contributed by atoms with van der Waals surface area (Å²) in [5, 5.41) is 12.4. The number of nitrogens with zero attached hydrogens (tertiary/aromatic N) is 2. The van der Waals surface area contributed by atoms with Gasteiger partial charge < -0.3 is 15.3 Å². The van der Waals surface area contributed by atoms with Crippen LogP contribution in [-0.4, -0.2) is 40.9 Å². The minimum atomic E-state index is -4.24. The van der Waals surface area contributed by atoms with Gasteiger partial charge in [-0.15, -0.1) is 0 Å². The molecule has 4 rings (SSSR count). The number of rotatable bonds is 4. The lowest BCUT2D eigenvalue weighted by Gasteiger charge is -2.21. The minimum absolute atomic E-state index is 0.115. The number of nitrogens with one attached hydrogen (secondary N) is 1. The monoisotopic (exact) mass is 389 g/mol. The topological polar surface area (TPSA) is 65.5 Å². The van der Waals surface area contributed by atoms with Crippen LogP contribution in [0.2, 0.25) is 0 Å². The summed E-state index contributed by atoms with van der Waals surface area (Å²) in [6.07, 6.45) is -2.58. The van der Waals surface area contributed by atoms with E-state index in [0.717, 1.165) is 11.3 Å². The Balaban J connectivity index is 1.73. The van der Waals surface area contributed by atoms with Gasteiger partial charge in [0.2, 0.25) is 0 Å². The minimum Gasteiger partial charge on any atom is -0.478 e. The summed E-state index contributed by atoms with van der Waals surface area (Å²) in [6, 6.07) is 9.32. The molecular weight excluding hydrogens is 371 g/mol. The first-order valence-corrected chi connectivity index (χ1v) is 8.79. The van der Waals surface area contributed by atoms with Gasteiger partial charge in [-0.05, 0) is 30.5 Å². The molecule has 1 aromatic carbocycles. The van der Waals surface area contributed by atoms with Crippen LogP contribution in [0.3, 0.4) is 0 Å². The molecule has 146 valence electrons. The highest BCUT2D eigenvalue weighted by molar-refractivity contribution is 5.93. The Morgan fingerprint density at radius 3 is 2.46 bits per heavy atom. The highest BCUT2D eigenvalue weighted by Gasteiger charge is 2.64.